The van der Waals surface area contributed by atoms with Gasteiger partial charge >= 0.3 is 6.09 Å². The Morgan fingerprint density at radius 1 is 1.25 bits per heavy atom. The van der Waals surface area contributed by atoms with E-state index in [0.29, 0.717) is 19.6 Å². The van der Waals surface area contributed by atoms with Crippen molar-refractivity contribution in [1.29, 1.82) is 0 Å². The van der Waals surface area contributed by atoms with E-state index in [2.05, 4.69) is 46.0 Å². The second kappa shape index (κ2) is 10.00. The maximum Gasteiger partial charge on any atom is 0.407 e. The molecule has 1 aliphatic carbocycles. The van der Waals surface area contributed by atoms with Gasteiger partial charge in [0.2, 0.25) is 0 Å². The lowest BCUT2D eigenvalue weighted by Crippen LogP contribution is -2.56. The van der Waals surface area contributed by atoms with Crippen molar-refractivity contribution < 1.29 is 28.5 Å². The number of hydrogen-bond acceptors (Lipinski definition) is 6. The number of epoxide rings is 2. The van der Waals surface area contributed by atoms with Crippen LogP contribution in [0.1, 0.15) is 67.7 Å². The van der Waals surface area contributed by atoms with Crippen LogP contribution >= 0.6 is 0 Å². The Kier molecular flexibility index (Phi) is 7.96. The monoisotopic (exact) mass is 453 g/mol. The second-order valence-corrected chi connectivity index (χ2v) is 10.7. The molecule has 0 aromatic carbocycles. The van der Waals surface area contributed by atoms with E-state index in [4.69, 9.17) is 23.7 Å². The van der Waals surface area contributed by atoms with Crippen LogP contribution in [0.2, 0.25) is 0 Å². The summed E-state index contributed by atoms with van der Waals surface area (Å²) in [6.45, 7) is 15.6. The van der Waals surface area contributed by atoms with Crippen molar-refractivity contribution in [2.75, 3.05) is 20.3 Å². The minimum Gasteiger partial charge on any atom is -0.443 e. The van der Waals surface area contributed by atoms with E-state index in [1.54, 1.807) is 7.11 Å². The first-order valence-electron chi connectivity index (χ1n) is 12.1. The van der Waals surface area contributed by atoms with Crippen LogP contribution in [0.3, 0.4) is 0 Å². The number of methoxy groups -OCH3 is 1. The third kappa shape index (κ3) is 5.66. The fourth-order valence-electron chi connectivity index (χ4n) is 5.09. The van der Waals surface area contributed by atoms with Gasteiger partial charge in [0.25, 0.3) is 0 Å². The molecule has 0 bridgehead atoms. The predicted molar refractivity (Wildman–Crippen MR) is 123 cm³/mol. The fraction of sp³-hybridized carbons (Fsp3) is 0.880. The Bertz CT molecular complexity index is 684. The summed E-state index contributed by atoms with van der Waals surface area (Å²) in [4.78, 5) is 12.8. The van der Waals surface area contributed by atoms with Crippen molar-refractivity contribution in [3.63, 3.8) is 0 Å². The molecule has 3 fully saturated rings. The highest BCUT2D eigenvalue weighted by Crippen LogP contribution is 2.59. The van der Waals surface area contributed by atoms with Gasteiger partial charge in [-0.05, 0) is 59.8 Å². The molecule has 2 heterocycles. The topological polar surface area (TPSA) is 81.9 Å². The molecule has 2 aliphatic heterocycles. The number of alkyl carbamates (subject to hydrolysis) is 1. The summed E-state index contributed by atoms with van der Waals surface area (Å²) in [5.41, 5.74) is 0.718. The molecule has 7 atom stereocenters. The molecule has 2 saturated heterocycles. The van der Waals surface area contributed by atoms with Gasteiger partial charge in [-0.1, -0.05) is 25.5 Å². The maximum absolute atomic E-state index is 12.8. The zero-order valence-electron chi connectivity index (χ0n) is 21.1. The smallest absolute Gasteiger partial charge is 0.407 e. The van der Waals surface area contributed by atoms with E-state index < -0.39 is 6.09 Å². The molecule has 0 aromatic rings. The summed E-state index contributed by atoms with van der Waals surface area (Å²) in [5, 5.41) is 3.00. The molecular formula is C25H43NO6. The van der Waals surface area contributed by atoms with Crippen molar-refractivity contribution in [3.05, 3.63) is 11.6 Å². The lowest BCUT2D eigenvalue weighted by atomic mass is 9.68. The Labute approximate surface area is 193 Å². The molecule has 184 valence electrons. The van der Waals surface area contributed by atoms with E-state index in [1.807, 2.05) is 13.8 Å². The van der Waals surface area contributed by atoms with E-state index in [0.717, 1.165) is 12.8 Å². The molecule has 0 radical (unpaired) electrons. The van der Waals surface area contributed by atoms with Gasteiger partial charge in [-0.3, -0.25) is 0 Å². The van der Waals surface area contributed by atoms with Crippen molar-refractivity contribution in [1.82, 2.24) is 5.32 Å². The molecule has 1 amide bonds. The van der Waals surface area contributed by atoms with Gasteiger partial charge in [-0.15, -0.1) is 0 Å². The zero-order chi connectivity index (χ0) is 23.7. The van der Waals surface area contributed by atoms with Crippen molar-refractivity contribution in [2.24, 2.45) is 11.8 Å². The summed E-state index contributed by atoms with van der Waals surface area (Å²) < 4.78 is 29.8. The van der Waals surface area contributed by atoms with Crippen LogP contribution in [0.15, 0.2) is 11.6 Å². The molecule has 3 rings (SSSR count). The summed E-state index contributed by atoms with van der Waals surface area (Å²) >= 11 is 0. The Morgan fingerprint density at radius 2 is 1.94 bits per heavy atom. The first-order valence-corrected chi connectivity index (χ1v) is 12.1. The maximum atomic E-state index is 12.8. The van der Waals surface area contributed by atoms with Crippen LogP contribution in [0.4, 0.5) is 4.79 Å². The first-order chi connectivity index (χ1) is 15.0. The number of amides is 1. The molecule has 1 spiro atoms. The largest absolute Gasteiger partial charge is 0.443 e. The fourth-order valence-corrected chi connectivity index (χ4v) is 5.09. The normalized spacial score (nSPS) is 36.8. The van der Waals surface area contributed by atoms with Gasteiger partial charge in [0, 0.05) is 7.11 Å². The lowest BCUT2D eigenvalue weighted by molar-refractivity contribution is -0.118. The standard InChI is InChI=1S/C25H43NO6/c1-15(2)9-10-20-24(7,32-20)22-21(28-8)19(11-12-25(22)14-30-25)31-23(27)26-18(16(3)4)13-29-17(5)6/h9,16-22H,10-14H2,1-8H3,(H,26,27)/t18-,19?,20+,21?,22?,24-,25-/m0/s1. The number of rotatable bonds is 10. The minimum absolute atomic E-state index is 0.0206. The van der Waals surface area contributed by atoms with Crippen LogP contribution < -0.4 is 5.32 Å². The molecule has 3 unspecified atom stereocenters. The highest BCUT2D eigenvalue weighted by atomic mass is 16.6. The molecular weight excluding hydrogens is 410 g/mol. The van der Waals surface area contributed by atoms with Crippen LogP contribution in [0.5, 0.6) is 0 Å². The summed E-state index contributed by atoms with van der Waals surface area (Å²) in [6.07, 6.45) is 3.85. The third-order valence-corrected chi connectivity index (χ3v) is 7.21. The average molecular weight is 454 g/mol. The van der Waals surface area contributed by atoms with E-state index in [9.17, 15) is 4.79 Å². The number of carbonyl (C=O) groups is 1. The van der Waals surface area contributed by atoms with E-state index >= 15 is 0 Å². The summed E-state index contributed by atoms with van der Waals surface area (Å²) in [5.74, 6) is 0.253. The number of ether oxygens (including phenoxy) is 5. The summed E-state index contributed by atoms with van der Waals surface area (Å²) in [6, 6.07) is -0.110. The summed E-state index contributed by atoms with van der Waals surface area (Å²) in [7, 11) is 1.69. The Hall–Kier alpha value is -1.15. The number of nitrogens with one attached hydrogen (secondary N) is 1. The molecule has 7 nitrogen and oxygen atoms in total. The van der Waals surface area contributed by atoms with Gasteiger partial charge in [0.1, 0.15) is 23.4 Å². The van der Waals surface area contributed by atoms with Crippen LogP contribution in [-0.2, 0) is 23.7 Å². The molecule has 1 saturated carbocycles. The molecule has 32 heavy (non-hydrogen) atoms. The number of carbonyl (C=O) groups excluding carboxylic acids is 1. The first kappa shape index (κ1) is 25.5. The van der Waals surface area contributed by atoms with Crippen molar-refractivity contribution in [3.8, 4) is 0 Å². The van der Waals surface area contributed by atoms with Gasteiger partial charge < -0.3 is 29.0 Å². The van der Waals surface area contributed by atoms with Gasteiger partial charge in [0.05, 0.1) is 37.4 Å². The van der Waals surface area contributed by atoms with E-state index in [-0.39, 0.29) is 53.5 Å². The molecule has 1 N–H and O–H groups in total. The minimum atomic E-state index is -0.419. The van der Waals surface area contributed by atoms with Crippen molar-refractivity contribution in [2.45, 2.75) is 109 Å². The highest BCUT2D eigenvalue weighted by Gasteiger charge is 2.72. The number of hydrogen-bond donors (Lipinski definition) is 1. The molecule has 3 aliphatic rings. The van der Waals surface area contributed by atoms with Gasteiger partial charge in [-0.2, -0.15) is 0 Å². The highest BCUT2D eigenvalue weighted by molar-refractivity contribution is 5.68. The SMILES string of the molecule is COC1C(OC(=O)N[C@@H](COC(C)C)C(C)C)CC[C@]2(CO2)C1[C@@]1(C)O[C@@H]1CC=C(C)C. The number of allylic oxidation sites excluding steroid dienone is 1. The third-order valence-electron chi connectivity index (χ3n) is 7.21. The lowest BCUT2D eigenvalue weighted by Gasteiger charge is -2.42. The zero-order valence-corrected chi connectivity index (χ0v) is 21.1. The van der Waals surface area contributed by atoms with Crippen LogP contribution in [-0.4, -0.2) is 68.1 Å². The quantitative estimate of drug-likeness (QED) is 0.394. The molecule has 0 aromatic heterocycles. The Morgan fingerprint density at radius 3 is 2.47 bits per heavy atom. The predicted octanol–water partition coefficient (Wildman–Crippen LogP) is 4.24. The average Bonchev–Trinajstić information content (AvgIpc) is 3.62. The second-order valence-electron chi connectivity index (χ2n) is 10.7. The van der Waals surface area contributed by atoms with E-state index in [1.165, 1.54) is 5.57 Å². The van der Waals surface area contributed by atoms with Gasteiger partial charge in [0.15, 0.2) is 0 Å². The van der Waals surface area contributed by atoms with Crippen LogP contribution in [0.25, 0.3) is 0 Å². The van der Waals surface area contributed by atoms with Crippen LogP contribution in [0, 0.1) is 11.8 Å². The van der Waals surface area contributed by atoms with Gasteiger partial charge in [-0.25, -0.2) is 4.79 Å². The molecule has 7 heteroatoms. The van der Waals surface area contributed by atoms with Crippen molar-refractivity contribution >= 4 is 6.09 Å². The Balaban J connectivity index is 1.66.